The number of aromatic nitrogens is 2. The number of oxazole rings is 1. The molecule has 0 saturated carbocycles. The summed E-state index contributed by atoms with van der Waals surface area (Å²) >= 11 is 1.22. The Kier molecular flexibility index (Phi) is 2.27. The fourth-order valence-electron chi connectivity index (χ4n) is 1.77. The van der Waals surface area contributed by atoms with Crippen LogP contribution in [0.15, 0.2) is 27.4 Å². The van der Waals surface area contributed by atoms with E-state index in [2.05, 4.69) is 4.98 Å². The maximum absolute atomic E-state index is 11.4. The van der Waals surface area contributed by atoms with E-state index in [-0.39, 0.29) is 10.8 Å². The van der Waals surface area contributed by atoms with Crippen LogP contribution < -0.4 is 5.76 Å². The average Bonchev–Trinajstić information content (AvgIpc) is 2.82. The molecule has 5 nitrogen and oxygen atoms in total. The van der Waals surface area contributed by atoms with Gasteiger partial charge < -0.3 is 9.52 Å². The van der Waals surface area contributed by atoms with Crippen LogP contribution in [-0.4, -0.2) is 14.7 Å². The minimum absolute atomic E-state index is 0.214. The first kappa shape index (κ1) is 11.0. The Morgan fingerprint density at radius 2 is 2.22 bits per heavy atom. The second-order valence-corrected chi connectivity index (χ2v) is 5.00. The highest BCUT2D eigenvalue weighted by atomic mass is 32.1. The topological polar surface area (TPSA) is 68.3 Å². The lowest BCUT2D eigenvalue weighted by molar-refractivity contribution is 0.485. The number of thiazole rings is 1. The van der Waals surface area contributed by atoms with Gasteiger partial charge in [-0.25, -0.2) is 9.78 Å². The number of rotatable bonds is 1. The van der Waals surface area contributed by atoms with E-state index in [1.165, 1.54) is 15.9 Å². The molecule has 0 saturated heterocycles. The van der Waals surface area contributed by atoms with E-state index in [0.29, 0.717) is 16.8 Å². The van der Waals surface area contributed by atoms with Gasteiger partial charge in [-0.3, -0.25) is 4.57 Å². The van der Waals surface area contributed by atoms with E-state index in [9.17, 15) is 9.90 Å². The molecule has 6 heteroatoms. The van der Waals surface area contributed by atoms with Gasteiger partial charge in [0, 0.05) is 12.6 Å². The van der Waals surface area contributed by atoms with Crippen molar-refractivity contribution >= 4 is 22.4 Å². The van der Waals surface area contributed by atoms with Gasteiger partial charge >= 0.3 is 5.76 Å². The molecule has 0 spiro atoms. The van der Waals surface area contributed by atoms with Gasteiger partial charge in [0.25, 0.3) is 0 Å². The van der Waals surface area contributed by atoms with Gasteiger partial charge in [0.1, 0.15) is 5.01 Å². The van der Waals surface area contributed by atoms with Crippen molar-refractivity contribution in [1.82, 2.24) is 9.55 Å². The molecule has 92 valence electrons. The molecule has 0 radical (unpaired) electrons. The second kappa shape index (κ2) is 3.71. The van der Waals surface area contributed by atoms with Crippen LogP contribution in [0.25, 0.3) is 21.7 Å². The lowest BCUT2D eigenvalue weighted by atomic mass is 10.2. The SMILES string of the molecule is Cc1nc(-c2ccc3oc(=O)n(C)c3c2)sc1O. The number of aryl methyl sites for hydroxylation is 2. The van der Waals surface area contributed by atoms with E-state index < -0.39 is 0 Å². The van der Waals surface area contributed by atoms with Crippen LogP contribution in [0.2, 0.25) is 0 Å². The number of aromatic hydroxyl groups is 1. The van der Waals surface area contributed by atoms with Crippen LogP contribution in [0.5, 0.6) is 5.06 Å². The Labute approximate surface area is 106 Å². The van der Waals surface area contributed by atoms with E-state index in [1.807, 2.05) is 12.1 Å². The van der Waals surface area contributed by atoms with Crippen LogP contribution in [0.4, 0.5) is 0 Å². The molecule has 0 bridgehead atoms. The van der Waals surface area contributed by atoms with Crippen molar-refractivity contribution in [1.29, 1.82) is 0 Å². The van der Waals surface area contributed by atoms with E-state index in [4.69, 9.17) is 4.42 Å². The fourth-order valence-corrected chi connectivity index (χ4v) is 2.58. The van der Waals surface area contributed by atoms with Crippen LogP contribution in [0.3, 0.4) is 0 Å². The van der Waals surface area contributed by atoms with E-state index in [0.717, 1.165) is 10.6 Å². The summed E-state index contributed by atoms with van der Waals surface area (Å²) in [4.78, 5) is 15.7. The van der Waals surface area contributed by atoms with Crippen molar-refractivity contribution in [2.45, 2.75) is 6.92 Å². The van der Waals surface area contributed by atoms with Gasteiger partial charge in [-0.2, -0.15) is 0 Å². The molecule has 18 heavy (non-hydrogen) atoms. The first-order chi connectivity index (χ1) is 8.56. The summed E-state index contributed by atoms with van der Waals surface area (Å²) < 4.78 is 6.50. The summed E-state index contributed by atoms with van der Waals surface area (Å²) in [6.45, 7) is 1.75. The number of hydrogen-bond donors (Lipinski definition) is 1. The molecule has 2 aromatic heterocycles. The second-order valence-electron chi connectivity index (χ2n) is 4.02. The number of benzene rings is 1. The molecule has 0 aliphatic heterocycles. The molecule has 0 aliphatic rings. The predicted octanol–water partition coefficient (Wildman–Crippen LogP) is 2.27. The van der Waals surface area contributed by atoms with Crippen molar-refractivity contribution in [3.8, 4) is 15.6 Å². The quantitative estimate of drug-likeness (QED) is 0.730. The summed E-state index contributed by atoms with van der Waals surface area (Å²) in [5.74, 6) is -0.389. The normalized spacial score (nSPS) is 11.2. The molecule has 1 aromatic carbocycles. The van der Waals surface area contributed by atoms with Crippen LogP contribution in [0, 0.1) is 6.92 Å². The summed E-state index contributed by atoms with van der Waals surface area (Å²) in [5, 5.41) is 10.5. The zero-order valence-corrected chi connectivity index (χ0v) is 10.6. The van der Waals surface area contributed by atoms with E-state index >= 15 is 0 Å². The van der Waals surface area contributed by atoms with Crippen molar-refractivity contribution in [2.75, 3.05) is 0 Å². The molecule has 3 rings (SSSR count). The minimum Gasteiger partial charge on any atom is -0.498 e. The Morgan fingerprint density at radius 1 is 1.44 bits per heavy atom. The highest BCUT2D eigenvalue weighted by molar-refractivity contribution is 7.16. The van der Waals surface area contributed by atoms with E-state index in [1.54, 1.807) is 20.0 Å². The molecule has 0 amide bonds. The largest absolute Gasteiger partial charge is 0.498 e. The highest BCUT2D eigenvalue weighted by Gasteiger charge is 2.11. The Balaban J connectivity index is 2.24. The van der Waals surface area contributed by atoms with Crippen LogP contribution in [0.1, 0.15) is 5.69 Å². The summed E-state index contributed by atoms with van der Waals surface area (Å²) in [7, 11) is 1.66. The van der Waals surface area contributed by atoms with Crippen molar-refractivity contribution in [3.63, 3.8) is 0 Å². The molecule has 3 aromatic rings. The third-order valence-corrected chi connectivity index (χ3v) is 3.82. The van der Waals surface area contributed by atoms with Gasteiger partial charge in [-0.1, -0.05) is 11.3 Å². The fraction of sp³-hybridized carbons (Fsp3) is 0.167. The Morgan fingerprint density at radius 3 is 2.89 bits per heavy atom. The van der Waals surface area contributed by atoms with Crippen molar-refractivity contribution in [3.05, 3.63) is 34.4 Å². The molecule has 0 atom stereocenters. The molecule has 1 N–H and O–H groups in total. The predicted molar refractivity (Wildman–Crippen MR) is 69.0 cm³/mol. The summed E-state index contributed by atoms with van der Waals surface area (Å²) in [6.07, 6.45) is 0. The lowest BCUT2D eigenvalue weighted by Crippen LogP contribution is -2.08. The molecule has 0 fully saturated rings. The highest BCUT2D eigenvalue weighted by Crippen LogP contribution is 2.33. The van der Waals surface area contributed by atoms with Gasteiger partial charge in [0.05, 0.1) is 11.2 Å². The Hall–Kier alpha value is -2.08. The molecule has 0 unspecified atom stereocenters. The first-order valence-corrected chi connectivity index (χ1v) is 6.14. The number of fused-ring (bicyclic) bond motifs is 1. The monoisotopic (exact) mass is 262 g/mol. The van der Waals surface area contributed by atoms with Gasteiger partial charge in [-0.15, -0.1) is 0 Å². The zero-order valence-electron chi connectivity index (χ0n) is 9.80. The average molecular weight is 262 g/mol. The molecular weight excluding hydrogens is 252 g/mol. The third-order valence-electron chi connectivity index (χ3n) is 2.81. The summed E-state index contributed by atoms with van der Waals surface area (Å²) in [6, 6.07) is 5.39. The third kappa shape index (κ3) is 1.53. The maximum atomic E-state index is 11.4. The summed E-state index contributed by atoms with van der Waals surface area (Å²) in [5.41, 5.74) is 2.72. The van der Waals surface area contributed by atoms with Gasteiger partial charge in [0.2, 0.25) is 0 Å². The van der Waals surface area contributed by atoms with Crippen molar-refractivity contribution < 1.29 is 9.52 Å². The smallest absolute Gasteiger partial charge is 0.419 e. The molecule has 0 aliphatic carbocycles. The van der Waals surface area contributed by atoms with Gasteiger partial charge in [0.15, 0.2) is 10.6 Å². The molecule has 2 heterocycles. The molecular formula is C12H10N2O3S. The zero-order chi connectivity index (χ0) is 12.9. The lowest BCUT2D eigenvalue weighted by Gasteiger charge is -1.96. The standard InChI is InChI=1S/C12H10N2O3S/c1-6-11(15)18-10(13-6)7-3-4-9-8(5-7)14(2)12(16)17-9/h3-5,15H,1-2H3. The number of hydrogen-bond acceptors (Lipinski definition) is 5. The van der Waals surface area contributed by atoms with Crippen LogP contribution in [-0.2, 0) is 7.05 Å². The number of nitrogens with zero attached hydrogens (tertiary/aromatic N) is 2. The van der Waals surface area contributed by atoms with Crippen molar-refractivity contribution in [2.24, 2.45) is 7.05 Å². The Bertz CT molecular complexity index is 778. The van der Waals surface area contributed by atoms with Crippen LogP contribution >= 0.6 is 11.3 Å². The van der Waals surface area contributed by atoms with Gasteiger partial charge in [-0.05, 0) is 25.1 Å². The first-order valence-electron chi connectivity index (χ1n) is 5.32. The minimum atomic E-state index is -0.389. The maximum Gasteiger partial charge on any atom is 0.419 e.